The van der Waals surface area contributed by atoms with Gasteiger partial charge in [-0.15, -0.1) is 0 Å². The molecule has 1 N–H and O–H groups in total. The summed E-state index contributed by atoms with van der Waals surface area (Å²) in [5, 5.41) is 2.44. The quantitative estimate of drug-likeness (QED) is 0.703. The van der Waals surface area contributed by atoms with Crippen molar-refractivity contribution in [3.8, 4) is 5.75 Å². The molecule has 2 aromatic carbocycles. The summed E-state index contributed by atoms with van der Waals surface area (Å²) in [6, 6.07) is 12.6. The molecule has 2 aliphatic heterocycles. The number of nitrogens with zero attached hydrogens (tertiary/aromatic N) is 2. The highest BCUT2D eigenvalue weighted by Gasteiger charge is 2.57. The second kappa shape index (κ2) is 9.20. The number of sulfonamides is 1. The zero-order valence-electron chi connectivity index (χ0n) is 17.4. The van der Waals surface area contributed by atoms with Gasteiger partial charge < -0.3 is 19.7 Å². The Kier molecular flexibility index (Phi) is 6.50. The first-order valence-electron chi connectivity index (χ1n) is 10.2. The second-order valence-corrected chi connectivity index (χ2v) is 9.41. The Hall–Kier alpha value is -2.83. The summed E-state index contributed by atoms with van der Waals surface area (Å²) < 4.78 is 78.0. The summed E-state index contributed by atoms with van der Waals surface area (Å²) in [4.78, 5) is 13.9. The molecule has 33 heavy (non-hydrogen) atoms. The van der Waals surface area contributed by atoms with Gasteiger partial charge in [0.1, 0.15) is 5.75 Å². The van der Waals surface area contributed by atoms with E-state index in [-0.39, 0.29) is 42.4 Å². The molecule has 2 atom stereocenters. The number of urea groups is 1. The van der Waals surface area contributed by atoms with E-state index in [0.717, 1.165) is 9.21 Å². The smallest absolute Gasteiger partial charge is 0.387 e. The summed E-state index contributed by atoms with van der Waals surface area (Å²) >= 11 is 0. The Morgan fingerprint density at radius 1 is 1.12 bits per heavy atom. The third-order valence-electron chi connectivity index (χ3n) is 5.64. The van der Waals surface area contributed by atoms with Crippen molar-refractivity contribution in [1.29, 1.82) is 0 Å². The lowest BCUT2D eigenvalue weighted by atomic mass is 9.99. The molecule has 2 aliphatic rings. The molecule has 0 aromatic heterocycles. The maximum atomic E-state index is 15.5. The van der Waals surface area contributed by atoms with Crippen LogP contribution < -0.4 is 10.1 Å². The van der Waals surface area contributed by atoms with Crippen LogP contribution in [-0.2, 0) is 14.8 Å². The molecule has 0 saturated carbocycles. The lowest BCUT2D eigenvalue weighted by Crippen LogP contribution is -2.63. The number of nitrogens with one attached hydrogen (secondary N) is 1. The number of alkyl halides is 3. The predicted molar refractivity (Wildman–Crippen MR) is 112 cm³/mol. The minimum absolute atomic E-state index is 0.00360. The van der Waals surface area contributed by atoms with Crippen LogP contribution in [0.4, 0.5) is 23.7 Å². The monoisotopic (exact) mass is 485 g/mol. The highest BCUT2D eigenvalue weighted by atomic mass is 32.2. The number of hydrogen-bond acceptors (Lipinski definition) is 5. The second-order valence-electron chi connectivity index (χ2n) is 7.55. The molecule has 1 spiro atoms. The SMILES string of the molecule is O=C(Nc1ccccc1OC(F)F)N1CCC2(OCCN2S(=O)(=O)c2ccccc2)C(F)C1. The Balaban J connectivity index is 1.49. The first-order valence-corrected chi connectivity index (χ1v) is 11.6. The van der Waals surface area contributed by atoms with E-state index in [4.69, 9.17) is 4.74 Å². The molecule has 2 amide bonds. The normalized spacial score (nSPS) is 23.8. The Morgan fingerprint density at radius 2 is 1.82 bits per heavy atom. The molecule has 2 heterocycles. The number of ether oxygens (including phenoxy) is 2. The molecule has 8 nitrogen and oxygen atoms in total. The summed E-state index contributed by atoms with van der Waals surface area (Å²) in [6.07, 6.45) is -1.92. The van der Waals surface area contributed by atoms with Gasteiger partial charge in [-0.1, -0.05) is 30.3 Å². The van der Waals surface area contributed by atoms with E-state index in [1.165, 1.54) is 36.4 Å². The minimum Gasteiger partial charge on any atom is -0.433 e. The van der Waals surface area contributed by atoms with Gasteiger partial charge in [-0.2, -0.15) is 13.1 Å². The third-order valence-corrected chi connectivity index (χ3v) is 7.58. The number of halogens is 3. The number of amides is 2. The molecule has 12 heteroatoms. The Labute approximate surface area is 188 Å². The van der Waals surface area contributed by atoms with Crippen LogP contribution in [0.25, 0.3) is 0 Å². The topological polar surface area (TPSA) is 88.2 Å². The fourth-order valence-electron chi connectivity index (χ4n) is 4.08. The fourth-order valence-corrected chi connectivity index (χ4v) is 5.82. The molecule has 4 rings (SSSR count). The third kappa shape index (κ3) is 4.50. The maximum absolute atomic E-state index is 15.5. The standard InChI is InChI=1S/C21H22F3N3O5S/c22-18-14-26(20(28)25-16-8-4-5-9-17(16)32-19(23)24)11-10-21(18)27(12-13-31-21)33(29,30)15-6-2-1-3-7-15/h1-9,18-19H,10-14H2,(H,25,28). The fraction of sp³-hybridized carbons (Fsp3) is 0.381. The number of anilines is 1. The van der Waals surface area contributed by atoms with Crippen LogP contribution >= 0.6 is 0 Å². The first kappa shape index (κ1) is 23.3. The molecule has 0 bridgehead atoms. The van der Waals surface area contributed by atoms with E-state index in [0.29, 0.717) is 0 Å². The van der Waals surface area contributed by atoms with Crippen molar-refractivity contribution in [2.24, 2.45) is 0 Å². The largest absolute Gasteiger partial charge is 0.433 e. The lowest BCUT2D eigenvalue weighted by Gasteiger charge is -2.44. The van der Waals surface area contributed by atoms with Crippen molar-refractivity contribution in [3.05, 3.63) is 54.6 Å². The summed E-state index contributed by atoms with van der Waals surface area (Å²) in [6.45, 7) is -3.51. The number of benzene rings is 2. The number of carbonyl (C=O) groups is 1. The number of likely N-dealkylation sites (tertiary alicyclic amines) is 1. The van der Waals surface area contributed by atoms with Crippen molar-refractivity contribution >= 4 is 21.7 Å². The molecule has 2 fully saturated rings. The Bertz CT molecular complexity index is 1110. The maximum Gasteiger partial charge on any atom is 0.387 e. The molecule has 0 aliphatic carbocycles. The molecular formula is C21H22F3N3O5S. The van der Waals surface area contributed by atoms with E-state index in [2.05, 4.69) is 10.1 Å². The molecule has 0 radical (unpaired) electrons. The van der Waals surface area contributed by atoms with Gasteiger partial charge in [-0.3, -0.25) is 0 Å². The lowest BCUT2D eigenvalue weighted by molar-refractivity contribution is -0.135. The minimum atomic E-state index is -4.02. The van der Waals surface area contributed by atoms with Gasteiger partial charge >= 0.3 is 12.6 Å². The predicted octanol–water partition coefficient (Wildman–Crippen LogP) is 3.28. The number of piperidine rings is 1. The molecule has 178 valence electrons. The van der Waals surface area contributed by atoms with Gasteiger partial charge in [0.25, 0.3) is 0 Å². The van der Waals surface area contributed by atoms with Crippen molar-refractivity contribution in [2.45, 2.75) is 29.8 Å². The number of carbonyl (C=O) groups excluding carboxylic acids is 1. The number of rotatable bonds is 5. The van der Waals surface area contributed by atoms with Crippen LogP contribution in [0.15, 0.2) is 59.5 Å². The zero-order chi connectivity index (χ0) is 23.6. The summed E-state index contributed by atoms with van der Waals surface area (Å²) in [5.41, 5.74) is -1.72. The van der Waals surface area contributed by atoms with Crippen LogP contribution in [-0.4, -0.2) is 68.4 Å². The number of para-hydroxylation sites is 2. The van der Waals surface area contributed by atoms with Crippen molar-refractivity contribution < 1.29 is 35.9 Å². The first-order chi connectivity index (χ1) is 15.7. The van der Waals surface area contributed by atoms with Gasteiger partial charge in [0, 0.05) is 19.5 Å². The zero-order valence-corrected chi connectivity index (χ0v) is 18.2. The van der Waals surface area contributed by atoms with Crippen LogP contribution in [0.2, 0.25) is 0 Å². The van der Waals surface area contributed by atoms with E-state index in [1.807, 2.05) is 0 Å². The van der Waals surface area contributed by atoms with Crippen LogP contribution in [0.5, 0.6) is 5.75 Å². The van der Waals surface area contributed by atoms with Crippen LogP contribution in [0.3, 0.4) is 0 Å². The van der Waals surface area contributed by atoms with E-state index < -0.39 is 41.1 Å². The Morgan fingerprint density at radius 3 is 2.52 bits per heavy atom. The van der Waals surface area contributed by atoms with Crippen LogP contribution in [0, 0.1) is 0 Å². The van der Waals surface area contributed by atoms with Crippen molar-refractivity contribution in [3.63, 3.8) is 0 Å². The van der Waals surface area contributed by atoms with Gasteiger partial charge in [0.15, 0.2) is 11.9 Å². The molecular weight excluding hydrogens is 463 g/mol. The van der Waals surface area contributed by atoms with E-state index in [1.54, 1.807) is 18.2 Å². The highest BCUT2D eigenvalue weighted by Crippen LogP contribution is 2.40. The average Bonchev–Trinajstić information content (AvgIpc) is 3.23. The van der Waals surface area contributed by atoms with E-state index in [9.17, 15) is 22.0 Å². The number of hydrogen-bond donors (Lipinski definition) is 1. The van der Waals surface area contributed by atoms with Crippen LogP contribution in [0.1, 0.15) is 6.42 Å². The van der Waals surface area contributed by atoms with Crippen molar-refractivity contribution in [2.75, 3.05) is 31.6 Å². The van der Waals surface area contributed by atoms with Crippen molar-refractivity contribution in [1.82, 2.24) is 9.21 Å². The molecule has 2 unspecified atom stereocenters. The van der Waals surface area contributed by atoms with Gasteiger partial charge in [0.2, 0.25) is 10.0 Å². The van der Waals surface area contributed by atoms with Gasteiger partial charge in [0.05, 0.1) is 23.7 Å². The molecule has 2 saturated heterocycles. The van der Waals surface area contributed by atoms with E-state index >= 15 is 4.39 Å². The van der Waals surface area contributed by atoms with Gasteiger partial charge in [-0.05, 0) is 24.3 Å². The summed E-state index contributed by atoms with van der Waals surface area (Å²) in [7, 11) is -4.02. The van der Waals surface area contributed by atoms with Gasteiger partial charge in [-0.25, -0.2) is 17.6 Å². The molecule has 2 aromatic rings. The summed E-state index contributed by atoms with van der Waals surface area (Å²) in [5.74, 6) is -0.231. The average molecular weight is 485 g/mol. The highest BCUT2D eigenvalue weighted by molar-refractivity contribution is 7.89.